The van der Waals surface area contributed by atoms with Gasteiger partial charge in [-0.3, -0.25) is 0 Å². The van der Waals surface area contributed by atoms with Crippen LogP contribution in [0, 0.1) is 10.1 Å². The zero-order chi connectivity index (χ0) is 10.8. The molecule has 2 rings (SSSR count). The Morgan fingerprint density at radius 3 is 2.67 bits per heavy atom. The summed E-state index contributed by atoms with van der Waals surface area (Å²) in [7, 11) is 2.04. The molecule has 7 heteroatoms. The second-order valence-electron chi connectivity index (χ2n) is 3.59. The fraction of sp³-hybridized carbons (Fsp3) is 0.625. The smallest absolute Gasteiger partial charge is 0.358 e. The van der Waals surface area contributed by atoms with Crippen molar-refractivity contribution >= 4 is 5.82 Å². The molecule has 1 aliphatic heterocycles. The molecule has 2 heterocycles. The van der Waals surface area contributed by atoms with Crippen LogP contribution in [0.2, 0.25) is 0 Å². The molecule has 1 aliphatic rings. The van der Waals surface area contributed by atoms with Crippen LogP contribution in [0.4, 0.5) is 5.82 Å². The molecule has 0 amide bonds. The van der Waals surface area contributed by atoms with Gasteiger partial charge < -0.3 is 15.0 Å². The van der Waals surface area contributed by atoms with E-state index in [4.69, 9.17) is 0 Å². The van der Waals surface area contributed by atoms with Crippen molar-refractivity contribution in [3.63, 3.8) is 0 Å². The lowest BCUT2D eigenvalue weighted by Crippen LogP contribution is -2.50. The molecule has 0 bridgehead atoms. The number of piperazine rings is 1. The second kappa shape index (κ2) is 3.85. The minimum Gasteiger partial charge on any atom is -0.358 e. The van der Waals surface area contributed by atoms with Gasteiger partial charge in [-0.2, -0.15) is 0 Å². The first kappa shape index (κ1) is 9.91. The molecule has 1 aromatic heterocycles. The third-order valence-corrected chi connectivity index (χ3v) is 2.54. The summed E-state index contributed by atoms with van der Waals surface area (Å²) in [4.78, 5) is 13.9. The van der Waals surface area contributed by atoms with Crippen molar-refractivity contribution in [2.45, 2.75) is 0 Å². The van der Waals surface area contributed by atoms with Crippen LogP contribution in [-0.2, 0) is 0 Å². The largest absolute Gasteiger partial charge is 0.369 e. The van der Waals surface area contributed by atoms with Crippen molar-refractivity contribution in [2.24, 2.45) is 0 Å². The Bertz CT molecular complexity index is 356. The van der Waals surface area contributed by atoms with Crippen molar-refractivity contribution in [3.05, 3.63) is 22.4 Å². The van der Waals surface area contributed by atoms with E-state index in [1.54, 1.807) is 0 Å². The average Bonchev–Trinajstić information content (AvgIpc) is 2.67. The SMILES string of the molecule is CN1CCN(n2nccc2[N+](=O)[O-])CC1. The molecule has 0 aromatic carbocycles. The predicted molar refractivity (Wildman–Crippen MR) is 54.3 cm³/mol. The van der Waals surface area contributed by atoms with Crippen LogP contribution in [0.25, 0.3) is 0 Å². The van der Waals surface area contributed by atoms with E-state index in [-0.39, 0.29) is 5.82 Å². The molecule has 15 heavy (non-hydrogen) atoms. The Balaban J connectivity index is 2.15. The lowest BCUT2D eigenvalue weighted by Gasteiger charge is -2.29. The van der Waals surface area contributed by atoms with Gasteiger partial charge in [-0.25, -0.2) is 5.01 Å². The van der Waals surface area contributed by atoms with Crippen molar-refractivity contribution < 1.29 is 4.92 Å². The zero-order valence-corrected chi connectivity index (χ0v) is 8.54. The van der Waals surface area contributed by atoms with Crippen LogP contribution in [-0.4, -0.2) is 52.9 Å². The molecule has 1 fully saturated rings. The number of hydrogen-bond donors (Lipinski definition) is 0. The monoisotopic (exact) mass is 211 g/mol. The first-order valence-corrected chi connectivity index (χ1v) is 4.80. The fourth-order valence-electron chi connectivity index (χ4n) is 1.63. The minimum absolute atomic E-state index is 0.0274. The third-order valence-electron chi connectivity index (χ3n) is 2.54. The van der Waals surface area contributed by atoms with Gasteiger partial charge in [0.05, 0.1) is 25.4 Å². The first-order chi connectivity index (χ1) is 7.18. The van der Waals surface area contributed by atoms with E-state index < -0.39 is 4.92 Å². The number of nitro groups is 1. The summed E-state index contributed by atoms with van der Waals surface area (Å²) in [5, 5.41) is 16.6. The van der Waals surface area contributed by atoms with Crippen LogP contribution in [0.1, 0.15) is 0 Å². The van der Waals surface area contributed by atoms with Crippen molar-refractivity contribution in [1.82, 2.24) is 14.8 Å². The zero-order valence-electron chi connectivity index (χ0n) is 8.54. The molecule has 1 saturated heterocycles. The minimum atomic E-state index is -0.411. The summed E-state index contributed by atoms with van der Waals surface area (Å²) in [5.74, 6) is 0.0274. The van der Waals surface area contributed by atoms with Crippen LogP contribution < -0.4 is 5.01 Å². The first-order valence-electron chi connectivity index (χ1n) is 4.80. The molecule has 0 radical (unpaired) electrons. The molecule has 7 nitrogen and oxygen atoms in total. The van der Waals surface area contributed by atoms with Crippen LogP contribution in [0.15, 0.2) is 12.3 Å². The van der Waals surface area contributed by atoms with Crippen LogP contribution in [0.5, 0.6) is 0 Å². The molecule has 0 spiro atoms. The van der Waals surface area contributed by atoms with E-state index in [1.165, 1.54) is 17.1 Å². The predicted octanol–water partition coefficient (Wildman–Crippen LogP) is -0.325. The molecule has 82 valence electrons. The van der Waals surface area contributed by atoms with Gasteiger partial charge in [0.2, 0.25) is 0 Å². The average molecular weight is 211 g/mol. The molecular formula is C8H13N5O2. The van der Waals surface area contributed by atoms with E-state index in [2.05, 4.69) is 10.00 Å². The Morgan fingerprint density at radius 1 is 1.40 bits per heavy atom. The highest BCUT2D eigenvalue weighted by Crippen LogP contribution is 2.11. The van der Waals surface area contributed by atoms with E-state index in [0.29, 0.717) is 0 Å². The number of rotatable bonds is 2. The fourth-order valence-corrected chi connectivity index (χ4v) is 1.63. The van der Waals surface area contributed by atoms with Gasteiger partial charge in [-0.15, -0.1) is 0 Å². The van der Waals surface area contributed by atoms with Gasteiger partial charge in [0.25, 0.3) is 0 Å². The second-order valence-corrected chi connectivity index (χ2v) is 3.59. The normalized spacial score (nSPS) is 18.1. The summed E-state index contributed by atoms with van der Waals surface area (Å²) in [6.07, 6.45) is 1.45. The summed E-state index contributed by atoms with van der Waals surface area (Å²) in [5.41, 5.74) is 0. The highest BCUT2D eigenvalue weighted by molar-refractivity contribution is 5.19. The summed E-state index contributed by atoms with van der Waals surface area (Å²) >= 11 is 0. The number of likely N-dealkylation sites (N-methyl/N-ethyl adjacent to an activating group) is 1. The Labute approximate surface area is 87.0 Å². The number of nitrogens with zero attached hydrogens (tertiary/aromatic N) is 5. The molecule has 0 unspecified atom stereocenters. The van der Waals surface area contributed by atoms with E-state index in [1.807, 2.05) is 12.1 Å². The molecule has 0 atom stereocenters. The topological polar surface area (TPSA) is 67.4 Å². The lowest BCUT2D eigenvalue weighted by atomic mass is 10.4. The van der Waals surface area contributed by atoms with Gasteiger partial charge >= 0.3 is 5.82 Å². The molecule has 0 saturated carbocycles. The number of hydrogen-bond acceptors (Lipinski definition) is 5. The highest BCUT2D eigenvalue weighted by atomic mass is 16.6. The molecule has 1 aromatic rings. The maximum absolute atomic E-state index is 10.7. The van der Waals surface area contributed by atoms with Crippen molar-refractivity contribution in [2.75, 3.05) is 38.2 Å². The summed E-state index contributed by atoms with van der Waals surface area (Å²) < 4.78 is 0. The highest BCUT2D eigenvalue weighted by Gasteiger charge is 2.23. The maximum Gasteiger partial charge on any atom is 0.369 e. The molecule has 0 N–H and O–H groups in total. The number of aromatic nitrogens is 2. The van der Waals surface area contributed by atoms with Gasteiger partial charge in [0.15, 0.2) is 0 Å². The van der Waals surface area contributed by atoms with E-state index in [0.717, 1.165) is 26.2 Å². The van der Waals surface area contributed by atoms with Crippen LogP contribution in [0.3, 0.4) is 0 Å². The van der Waals surface area contributed by atoms with Crippen molar-refractivity contribution in [3.8, 4) is 0 Å². The quantitative estimate of drug-likeness (QED) is 0.495. The standard InChI is InChI=1S/C8H13N5O2/c1-10-4-6-11(7-5-10)12-8(13(14)15)2-3-9-12/h2-3H,4-7H2,1H3. The molecular weight excluding hydrogens is 198 g/mol. The van der Waals surface area contributed by atoms with Gasteiger partial charge in [-0.05, 0) is 16.8 Å². The van der Waals surface area contributed by atoms with Crippen LogP contribution >= 0.6 is 0 Å². The molecule has 0 aliphatic carbocycles. The van der Waals surface area contributed by atoms with Crippen molar-refractivity contribution in [1.29, 1.82) is 0 Å². The maximum atomic E-state index is 10.7. The van der Waals surface area contributed by atoms with E-state index >= 15 is 0 Å². The van der Waals surface area contributed by atoms with Gasteiger partial charge in [0.1, 0.15) is 0 Å². The van der Waals surface area contributed by atoms with E-state index in [9.17, 15) is 10.1 Å². The Hall–Kier alpha value is -1.63. The summed E-state index contributed by atoms with van der Waals surface area (Å²) in [6, 6.07) is 1.42. The Kier molecular flexibility index (Phi) is 2.55. The Morgan fingerprint density at radius 2 is 2.07 bits per heavy atom. The lowest BCUT2D eigenvalue weighted by molar-refractivity contribution is -0.392. The van der Waals surface area contributed by atoms with Gasteiger partial charge in [0, 0.05) is 13.1 Å². The van der Waals surface area contributed by atoms with Gasteiger partial charge in [-0.1, -0.05) is 5.10 Å². The third kappa shape index (κ3) is 1.91. The summed E-state index contributed by atoms with van der Waals surface area (Å²) in [6.45, 7) is 3.33.